The van der Waals surface area contributed by atoms with E-state index in [0.29, 0.717) is 30.8 Å². The van der Waals surface area contributed by atoms with Crippen LogP contribution >= 0.6 is 0 Å². The number of methoxy groups -OCH3 is 1. The van der Waals surface area contributed by atoms with Gasteiger partial charge in [0.15, 0.2) is 0 Å². The predicted octanol–water partition coefficient (Wildman–Crippen LogP) is 1.93. The van der Waals surface area contributed by atoms with E-state index < -0.39 is 5.60 Å². The number of rotatable bonds is 5. The highest BCUT2D eigenvalue weighted by Gasteiger charge is 2.41. The zero-order valence-electron chi connectivity index (χ0n) is 13.3. The maximum absolute atomic E-state index is 12.9. The number of hydrogen-bond acceptors (Lipinski definition) is 5. The van der Waals surface area contributed by atoms with Crippen LogP contribution in [0.4, 0.5) is 4.39 Å². The lowest BCUT2D eigenvalue weighted by atomic mass is 10.0. The first-order chi connectivity index (χ1) is 11.6. The van der Waals surface area contributed by atoms with Crippen molar-refractivity contribution in [3.05, 3.63) is 54.4 Å². The summed E-state index contributed by atoms with van der Waals surface area (Å²) in [5, 5.41) is 0. The number of nitrogens with zero attached hydrogens (tertiary/aromatic N) is 3. The van der Waals surface area contributed by atoms with Crippen LogP contribution in [-0.4, -0.2) is 53.2 Å². The molecule has 7 heteroatoms. The van der Waals surface area contributed by atoms with Crippen molar-refractivity contribution in [1.29, 1.82) is 0 Å². The molecule has 0 spiro atoms. The summed E-state index contributed by atoms with van der Waals surface area (Å²) in [4.78, 5) is 21.9. The molecule has 126 valence electrons. The molecule has 6 nitrogen and oxygen atoms in total. The largest absolute Gasteiger partial charge is 0.491 e. The lowest BCUT2D eigenvalue weighted by molar-refractivity contribution is -0.0342. The standard InChI is InChI=1S/C17H18FN3O3/c1-23-17(11-24-15-4-2-14(18)3-5-15)6-7-21(10-17)16(22)13-8-19-12-20-9-13/h2-5,8-9,12H,6-7,10-11H2,1H3/t17-/m1/s1. The molecule has 1 amide bonds. The molecule has 2 aromatic rings. The number of carbonyl (C=O) groups excluding carboxylic acids is 1. The minimum atomic E-state index is -0.584. The second-order valence-electron chi connectivity index (χ2n) is 5.73. The molecule has 1 aromatic carbocycles. The highest BCUT2D eigenvalue weighted by molar-refractivity contribution is 5.93. The van der Waals surface area contributed by atoms with Gasteiger partial charge < -0.3 is 14.4 Å². The Hall–Kier alpha value is -2.54. The van der Waals surface area contributed by atoms with E-state index >= 15 is 0 Å². The minimum Gasteiger partial charge on any atom is -0.491 e. The Labute approximate surface area is 139 Å². The number of ether oxygens (including phenoxy) is 2. The van der Waals surface area contributed by atoms with E-state index in [1.165, 1.54) is 30.9 Å². The first-order valence-electron chi connectivity index (χ1n) is 7.60. The fraction of sp³-hybridized carbons (Fsp3) is 0.353. The van der Waals surface area contributed by atoms with Crippen molar-refractivity contribution in [3.8, 4) is 5.75 Å². The van der Waals surface area contributed by atoms with Crippen LogP contribution in [0.1, 0.15) is 16.8 Å². The van der Waals surface area contributed by atoms with E-state index in [-0.39, 0.29) is 18.3 Å². The lowest BCUT2D eigenvalue weighted by Crippen LogP contribution is -2.42. The van der Waals surface area contributed by atoms with E-state index in [4.69, 9.17) is 9.47 Å². The molecule has 24 heavy (non-hydrogen) atoms. The molecular formula is C17H18FN3O3. The molecule has 0 bridgehead atoms. The van der Waals surface area contributed by atoms with Crippen molar-refractivity contribution in [3.63, 3.8) is 0 Å². The zero-order chi connectivity index (χ0) is 17.0. The Morgan fingerprint density at radius 1 is 1.29 bits per heavy atom. The third-order valence-electron chi connectivity index (χ3n) is 4.16. The molecule has 0 N–H and O–H groups in total. The van der Waals surface area contributed by atoms with Gasteiger partial charge >= 0.3 is 0 Å². The Morgan fingerprint density at radius 3 is 2.67 bits per heavy atom. The third kappa shape index (κ3) is 3.51. The Bertz CT molecular complexity index is 696. The molecule has 2 heterocycles. The summed E-state index contributed by atoms with van der Waals surface area (Å²) in [6.07, 6.45) is 5.04. The molecule has 1 aliphatic rings. The lowest BCUT2D eigenvalue weighted by Gasteiger charge is -2.27. The first kappa shape index (κ1) is 16.3. The second kappa shape index (κ2) is 6.92. The Morgan fingerprint density at radius 2 is 2.00 bits per heavy atom. The summed E-state index contributed by atoms with van der Waals surface area (Å²) in [6.45, 7) is 1.26. The number of halogens is 1. The van der Waals surface area contributed by atoms with Gasteiger partial charge in [0.2, 0.25) is 0 Å². The van der Waals surface area contributed by atoms with Crippen LogP contribution in [0, 0.1) is 5.82 Å². The number of benzene rings is 1. The van der Waals surface area contributed by atoms with E-state index in [1.54, 1.807) is 24.1 Å². The summed E-state index contributed by atoms with van der Waals surface area (Å²) in [5.74, 6) is 0.122. The predicted molar refractivity (Wildman–Crippen MR) is 84.2 cm³/mol. The van der Waals surface area contributed by atoms with Gasteiger partial charge in [0, 0.05) is 26.0 Å². The third-order valence-corrected chi connectivity index (χ3v) is 4.16. The van der Waals surface area contributed by atoms with Crippen LogP contribution in [-0.2, 0) is 4.74 Å². The number of hydrogen-bond donors (Lipinski definition) is 0. The van der Waals surface area contributed by atoms with Crippen molar-refractivity contribution < 1.29 is 18.7 Å². The summed E-state index contributed by atoms with van der Waals surface area (Å²) < 4.78 is 24.3. The van der Waals surface area contributed by atoms with Crippen molar-refractivity contribution >= 4 is 5.91 Å². The minimum absolute atomic E-state index is 0.128. The van der Waals surface area contributed by atoms with E-state index in [1.807, 2.05) is 0 Å². The quantitative estimate of drug-likeness (QED) is 0.838. The van der Waals surface area contributed by atoms with Crippen molar-refractivity contribution in [2.75, 3.05) is 26.8 Å². The average Bonchev–Trinajstić information content (AvgIpc) is 3.06. The van der Waals surface area contributed by atoms with Gasteiger partial charge in [-0.15, -0.1) is 0 Å². The maximum atomic E-state index is 12.9. The number of amides is 1. The SMILES string of the molecule is CO[C@]1(COc2ccc(F)cc2)CCN(C(=O)c2cncnc2)C1. The number of carbonyl (C=O) groups is 1. The zero-order valence-corrected chi connectivity index (χ0v) is 13.3. The molecule has 0 aliphatic carbocycles. The summed E-state index contributed by atoms with van der Waals surface area (Å²) in [7, 11) is 1.60. The molecule has 0 saturated carbocycles. The van der Waals surface area contributed by atoms with Crippen LogP contribution in [0.2, 0.25) is 0 Å². The number of likely N-dealkylation sites (tertiary alicyclic amines) is 1. The van der Waals surface area contributed by atoms with Gasteiger partial charge in [0.1, 0.15) is 30.1 Å². The Kier molecular flexibility index (Phi) is 4.71. The molecule has 0 unspecified atom stereocenters. The highest BCUT2D eigenvalue weighted by atomic mass is 19.1. The molecule has 1 aliphatic heterocycles. The smallest absolute Gasteiger partial charge is 0.257 e. The summed E-state index contributed by atoms with van der Waals surface area (Å²) in [5.41, 5.74) is -0.136. The van der Waals surface area contributed by atoms with Gasteiger partial charge in [-0.2, -0.15) is 0 Å². The monoisotopic (exact) mass is 331 g/mol. The fourth-order valence-electron chi connectivity index (χ4n) is 2.70. The van der Waals surface area contributed by atoms with Gasteiger partial charge in [-0.3, -0.25) is 4.79 Å². The highest BCUT2D eigenvalue weighted by Crippen LogP contribution is 2.27. The van der Waals surface area contributed by atoms with E-state index in [2.05, 4.69) is 9.97 Å². The molecular weight excluding hydrogens is 313 g/mol. The topological polar surface area (TPSA) is 64.6 Å². The van der Waals surface area contributed by atoms with Crippen molar-refractivity contribution in [2.24, 2.45) is 0 Å². The van der Waals surface area contributed by atoms with Crippen LogP contribution in [0.15, 0.2) is 43.0 Å². The second-order valence-corrected chi connectivity index (χ2v) is 5.73. The molecule has 0 radical (unpaired) electrons. The van der Waals surface area contributed by atoms with E-state index in [0.717, 1.165) is 0 Å². The van der Waals surface area contributed by atoms with Gasteiger partial charge in [-0.05, 0) is 30.7 Å². The van der Waals surface area contributed by atoms with Crippen LogP contribution in [0.3, 0.4) is 0 Å². The maximum Gasteiger partial charge on any atom is 0.257 e. The first-order valence-corrected chi connectivity index (χ1v) is 7.60. The van der Waals surface area contributed by atoms with Crippen molar-refractivity contribution in [1.82, 2.24) is 14.9 Å². The van der Waals surface area contributed by atoms with Crippen molar-refractivity contribution in [2.45, 2.75) is 12.0 Å². The molecule has 1 aromatic heterocycles. The van der Waals surface area contributed by atoms with Crippen LogP contribution in [0.25, 0.3) is 0 Å². The Balaban J connectivity index is 1.64. The summed E-state index contributed by atoms with van der Waals surface area (Å²) in [6, 6.07) is 5.82. The van der Waals surface area contributed by atoms with Crippen LogP contribution < -0.4 is 4.74 Å². The van der Waals surface area contributed by atoms with Gasteiger partial charge in [0.25, 0.3) is 5.91 Å². The molecule has 3 rings (SSSR count). The van der Waals surface area contributed by atoms with Gasteiger partial charge in [-0.25, -0.2) is 14.4 Å². The molecule has 1 saturated heterocycles. The van der Waals surface area contributed by atoms with Crippen LogP contribution in [0.5, 0.6) is 5.75 Å². The average molecular weight is 331 g/mol. The fourth-order valence-corrected chi connectivity index (χ4v) is 2.70. The van der Waals surface area contributed by atoms with Gasteiger partial charge in [0.05, 0.1) is 12.1 Å². The normalized spacial score (nSPS) is 20.2. The molecule has 1 atom stereocenters. The number of aromatic nitrogens is 2. The molecule has 1 fully saturated rings. The summed E-state index contributed by atoms with van der Waals surface area (Å²) >= 11 is 0. The van der Waals surface area contributed by atoms with E-state index in [9.17, 15) is 9.18 Å². The van der Waals surface area contributed by atoms with Gasteiger partial charge in [-0.1, -0.05) is 0 Å².